The number of thioether (sulfide) groups is 2. The molecule has 0 atom stereocenters. The number of anilines is 1. The number of aryl methyl sites for hydroxylation is 1. The molecular weight excluding hydrogens is 366 g/mol. The number of methoxy groups -OCH3 is 1. The first-order valence-electron chi connectivity index (χ1n) is 7.11. The molecule has 0 radical (unpaired) electrons. The number of aromatic nitrogens is 2. The molecule has 1 N–H and O–H groups in total. The largest absolute Gasteiger partial charge is 0.465 e. The Balaban J connectivity index is 1.95. The molecule has 0 aliphatic rings. The summed E-state index contributed by atoms with van der Waals surface area (Å²) >= 11 is 4.45. The van der Waals surface area contributed by atoms with Crippen LogP contribution in [-0.2, 0) is 9.53 Å². The maximum absolute atomic E-state index is 12.1. The van der Waals surface area contributed by atoms with E-state index in [1.807, 2.05) is 6.92 Å². The van der Waals surface area contributed by atoms with Crippen molar-refractivity contribution in [1.29, 1.82) is 0 Å². The number of nitrogens with zero attached hydrogens (tertiary/aromatic N) is 2. The van der Waals surface area contributed by atoms with Crippen molar-refractivity contribution in [3.8, 4) is 0 Å². The van der Waals surface area contributed by atoms with Gasteiger partial charge in [0, 0.05) is 5.69 Å². The molecule has 0 saturated carbocycles. The molecule has 2 rings (SSSR count). The lowest BCUT2D eigenvalue weighted by Gasteiger charge is -2.09. The molecule has 6 nitrogen and oxygen atoms in total. The predicted molar refractivity (Wildman–Crippen MR) is 98.2 cm³/mol. The standard InChI is InChI=1S/C15H17N3O3S3/c1-4-22-14-17-18-15(24-14)23-8-12(19)16-11-7-10(13(20)21-3)6-5-9(11)2/h5-7H,4,8H2,1-3H3,(H,16,19). The summed E-state index contributed by atoms with van der Waals surface area (Å²) in [5, 5.41) is 10.9. The molecule has 0 spiro atoms. The van der Waals surface area contributed by atoms with Gasteiger partial charge in [-0.1, -0.05) is 47.9 Å². The van der Waals surface area contributed by atoms with E-state index < -0.39 is 5.97 Å². The van der Waals surface area contributed by atoms with E-state index in [-0.39, 0.29) is 11.7 Å². The van der Waals surface area contributed by atoms with Crippen LogP contribution >= 0.6 is 34.9 Å². The number of ether oxygens (including phenoxy) is 1. The first kappa shape index (κ1) is 18.8. The lowest BCUT2D eigenvalue weighted by Crippen LogP contribution is -2.15. The molecule has 0 bridgehead atoms. The van der Waals surface area contributed by atoms with Crippen LogP contribution in [0, 0.1) is 6.92 Å². The number of carbonyl (C=O) groups excluding carboxylic acids is 2. The van der Waals surface area contributed by atoms with Crippen molar-refractivity contribution in [2.75, 3.05) is 23.9 Å². The number of rotatable bonds is 7. The zero-order valence-corrected chi connectivity index (χ0v) is 15.9. The molecule has 1 aromatic carbocycles. The molecule has 0 aliphatic heterocycles. The van der Waals surface area contributed by atoms with Crippen LogP contribution in [-0.4, -0.2) is 40.7 Å². The summed E-state index contributed by atoms with van der Waals surface area (Å²) in [4.78, 5) is 23.7. The van der Waals surface area contributed by atoms with Gasteiger partial charge in [-0.15, -0.1) is 10.2 Å². The van der Waals surface area contributed by atoms with Crippen LogP contribution in [0.25, 0.3) is 0 Å². The maximum Gasteiger partial charge on any atom is 0.337 e. The molecule has 1 heterocycles. The van der Waals surface area contributed by atoms with Gasteiger partial charge in [0.05, 0.1) is 18.4 Å². The highest BCUT2D eigenvalue weighted by molar-refractivity contribution is 8.03. The van der Waals surface area contributed by atoms with Gasteiger partial charge in [-0.05, 0) is 30.4 Å². The van der Waals surface area contributed by atoms with Crippen LogP contribution < -0.4 is 5.32 Å². The zero-order valence-electron chi connectivity index (χ0n) is 13.5. The van der Waals surface area contributed by atoms with Crippen molar-refractivity contribution in [2.24, 2.45) is 0 Å². The maximum atomic E-state index is 12.1. The highest BCUT2D eigenvalue weighted by Gasteiger charge is 2.12. The van der Waals surface area contributed by atoms with Gasteiger partial charge in [0.25, 0.3) is 0 Å². The van der Waals surface area contributed by atoms with Gasteiger partial charge in [0.2, 0.25) is 5.91 Å². The fraction of sp³-hybridized carbons (Fsp3) is 0.333. The Morgan fingerprint density at radius 3 is 2.62 bits per heavy atom. The molecular formula is C15H17N3O3S3. The molecule has 0 unspecified atom stereocenters. The van der Waals surface area contributed by atoms with E-state index in [9.17, 15) is 9.59 Å². The average molecular weight is 384 g/mol. The minimum atomic E-state index is -0.435. The van der Waals surface area contributed by atoms with E-state index >= 15 is 0 Å². The Bertz CT molecular complexity index is 734. The van der Waals surface area contributed by atoms with Gasteiger partial charge in [-0.3, -0.25) is 4.79 Å². The third-order valence-electron chi connectivity index (χ3n) is 2.92. The highest BCUT2D eigenvalue weighted by atomic mass is 32.2. The summed E-state index contributed by atoms with van der Waals surface area (Å²) in [6.45, 7) is 3.92. The lowest BCUT2D eigenvalue weighted by atomic mass is 10.1. The molecule has 2 aromatic rings. The van der Waals surface area contributed by atoms with Crippen molar-refractivity contribution in [3.05, 3.63) is 29.3 Å². The van der Waals surface area contributed by atoms with E-state index in [0.29, 0.717) is 11.3 Å². The molecule has 1 aromatic heterocycles. The summed E-state index contributed by atoms with van der Waals surface area (Å²) in [6.07, 6.45) is 0. The Labute approximate surface area is 152 Å². The van der Waals surface area contributed by atoms with Crippen LogP contribution in [0.1, 0.15) is 22.8 Å². The number of hydrogen-bond donors (Lipinski definition) is 1. The van der Waals surface area contributed by atoms with E-state index in [2.05, 4.69) is 22.4 Å². The molecule has 0 fully saturated rings. The molecule has 0 aliphatic carbocycles. The summed E-state index contributed by atoms with van der Waals surface area (Å²) < 4.78 is 6.36. The molecule has 24 heavy (non-hydrogen) atoms. The van der Waals surface area contributed by atoms with Crippen molar-refractivity contribution >= 4 is 52.4 Å². The fourth-order valence-electron chi connectivity index (χ4n) is 1.75. The Morgan fingerprint density at radius 1 is 1.25 bits per heavy atom. The van der Waals surface area contributed by atoms with E-state index in [1.165, 1.54) is 30.2 Å². The van der Waals surface area contributed by atoms with Crippen molar-refractivity contribution in [1.82, 2.24) is 10.2 Å². The van der Waals surface area contributed by atoms with E-state index in [1.54, 1.807) is 30.0 Å². The topological polar surface area (TPSA) is 81.2 Å². The second-order valence-electron chi connectivity index (χ2n) is 4.63. The minimum Gasteiger partial charge on any atom is -0.465 e. The second-order valence-corrected chi connectivity index (χ2v) is 8.34. The quantitative estimate of drug-likeness (QED) is 0.579. The summed E-state index contributed by atoms with van der Waals surface area (Å²) in [7, 11) is 1.32. The van der Waals surface area contributed by atoms with Crippen LogP contribution in [0.4, 0.5) is 5.69 Å². The molecule has 1 amide bonds. The summed E-state index contributed by atoms with van der Waals surface area (Å²) in [5.74, 6) is 0.572. The van der Waals surface area contributed by atoms with E-state index in [4.69, 9.17) is 4.74 Å². The second kappa shape index (κ2) is 9.05. The predicted octanol–water partition coefficient (Wildman–Crippen LogP) is 3.48. The van der Waals surface area contributed by atoms with Crippen LogP contribution in [0.15, 0.2) is 26.9 Å². The van der Waals surface area contributed by atoms with Gasteiger partial charge < -0.3 is 10.1 Å². The monoisotopic (exact) mass is 383 g/mol. The van der Waals surface area contributed by atoms with Crippen molar-refractivity contribution in [2.45, 2.75) is 22.5 Å². The normalized spacial score (nSPS) is 10.5. The highest BCUT2D eigenvalue weighted by Crippen LogP contribution is 2.28. The number of carbonyl (C=O) groups is 2. The smallest absolute Gasteiger partial charge is 0.337 e. The van der Waals surface area contributed by atoms with E-state index in [0.717, 1.165) is 20.0 Å². The number of amides is 1. The first-order valence-corrected chi connectivity index (χ1v) is 9.90. The molecule has 128 valence electrons. The number of benzene rings is 1. The van der Waals surface area contributed by atoms with Crippen LogP contribution in [0.3, 0.4) is 0 Å². The first-order chi connectivity index (χ1) is 11.5. The van der Waals surface area contributed by atoms with Gasteiger partial charge in [0.1, 0.15) is 0 Å². The van der Waals surface area contributed by atoms with Gasteiger partial charge in [-0.25, -0.2) is 4.79 Å². The zero-order chi connectivity index (χ0) is 17.5. The Hall–Kier alpha value is -1.58. The minimum absolute atomic E-state index is 0.162. The van der Waals surface area contributed by atoms with Crippen molar-refractivity contribution in [3.63, 3.8) is 0 Å². The average Bonchev–Trinajstić information content (AvgIpc) is 3.02. The summed E-state index contributed by atoms with van der Waals surface area (Å²) in [6, 6.07) is 5.05. The fourth-order valence-corrected chi connectivity index (χ4v) is 4.47. The van der Waals surface area contributed by atoms with Gasteiger partial charge in [-0.2, -0.15) is 0 Å². The molecule has 0 saturated heterocycles. The number of esters is 1. The van der Waals surface area contributed by atoms with Gasteiger partial charge in [0.15, 0.2) is 8.68 Å². The summed E-state index contributed by atoms with van der Waals surface area (Å²) in [5.41, 5.74) is 1.87. The lowest BCUT2D eigenvalue weighted by molar-refractivity contribution is -0.113. The van der Waals surface area contributed by atoms with Gasteiger partial charge >= 0.3 is 5.97 Å². The van der Waals surface area contributed by atoms with Crippen LogP contribution in [0.5, 0.6) is 0 Å². The molecule has 9 heteroatoms. The van der Waals surface area contributed by atoms with Crippen LogP contribution in [0.2, 0.25) is 0 Å². The van der Waals surface area contributed by atoms with Crippen molar-refractivity contribution < 1.29 is 14.3 Å². The SMILES string of the molecule is CCSc1nnc(SCC(=O)Nc2cc(C(=O)OC)ccc2C)s1. The third-order valence-corrected chi connectivity index (χ3v) is 5.99. The third kappa shape index (κ3) is 5.22. The number of hydrogen-bond acceptors (Lipinski definition) is 8. The Morgan fingerprint density at radius 2 is 1.96 bits per heavy atom. The Kier molecular flexibility index (Phi) is 7.07. The number of nitrogens with one attached hydrogen (secondary N) is 1.